The summed E-state index contributed by atoms with van der Waals surface area (Å²) in [6.45, 7) is 2.06. The van der Waals surface area contributed by atoms with Gasteiger partial charge < -0.3 is 24.3 Å². The van der Waals surface area contributed by atoms with E-state index < -0.39 is 17.0 Å². The van der Waals surface area contributed by atoms with E-state index in [1.54, 1.807) is 19.2 Å². The first-order valence-electron chi connectivity index (χ1n) is 11.7. The highest BCUT2D eigenvalue weighted by molar-refractivity contribution is 7.18. The maximum absolute atomic E-state index is 12.5. The first kappa shape index (κ1) is 27.7. The fraction of sp³-hybridized carbons (Fsp3) is 0.179. The van der Waals surface area contributed by atoms with E-state index >= 15 is 0 Å². The minimum absolute atomic E-state index is 0.160. The number of nitrogens with one attached hydrogen (secondary N) is 1. The molecule has 0 aliphatic rings. The molecule has 1 aromatic heterocycles. The van der Waals surface area contributed by atoms with E-state index in [1.807, 2.05) is 49.4 Å². The van der Waals surface area contributed by atoms with Crippen LogP contribution in [-0.4, -0.2) is 25.1 Å². The van der Waals surface area contributed by atoms with Crippen molar-refractivity contribution < 1.29 is 28.7 Å². The first-order valence-corrected chi connectivity index (χ1v) is 12.9. The largest absolute Gasteiger partial charge is 0.497 e. The summed E-state index contributed by atoms with van der Waals surface area (Å²) < 4.78 is 22.0. The number of carbonyl (C=O) groups is 1. The van der Waals surface area contributed by atoms with Gasteiger partial charge in [-0.3, -0.25) is 10.1 Å². The molecular weight excluding hydrogens is 544 g/mol. The summed E-state index contributed by atoms with van der Waals surface area (Å²) in [6, 6.07) is 20.6. The smallest absolute Gasteiger partial charge is 0.351 e. The van der Waals surface area contributed by atoms with Crippen LogP contribution in [0, 0.1) is 10.1 Å². The Morgan fingerprint density at radius 1 is 1.05 bits per heavy atom. The molecule has 1 N–H and O–H groups in total. The first-order chi connectivity index (χ1) is 18.8. The number of ether oxygens (including phenoxy) is 4. The topological polar surface area (TPSA) is 109 Å². The fourth-order valence-corrected chi connectivity index (χ4v) is 4.91. The summed E-state index contributed by atoms with van der Waals surface area (Å²) in [5.74, 6) is 0.816. The van der Waals surface area contributed by atoms with Crippen molar-refractivity contribution in [3.05, 3.63) is 104 Å². The maximum Gasteiger partial charge on any atom is 0.351 e. The standard InChI is InChI=1S/C28H25ClN2O7S/c1-17(21-6-4-5-7-22(21)29)38-25-15-26(39-27(25)28(32)36-3)30-23-14-20(12-13-24(23)31(33)34)37-16-18-8-10-19(35-2)11-9-18/h4-15,17,30H,16H2,1-3H3. The number of thiophene rings is 1. The van der Waals surface area contributed by atoms with E-state index in [-0.39, 0.29) is 28.6 Å². The zero-order valence-electron chi connectivity index (χ0n) is 21.3. The van der Waals surface area contributed by atoms with Crippen molar-refractivity contribution in [1.29, 1.82) is 0 Å². The molecule has 1 unspecified atom stereocenters. The number of hydrogen-bond donors (Lipinski definition) is 1. The molecule has 0 bridgehead atoms. The molecule has 4 rings (SSSR count). The predicted octanol–water partition coefficient (Wildman–Crippen LogP) is 7.57. The summed E-state index contributed by atoms with van der Waals surface area (Å²) in [5, 5.41) is 15.7. The van der Waals surface area contributed by atoms with Crippen LogP contribution in [0.5, 0.6) is 17.2 Å². The van der Waals surface area contributed by atoms with Gasteiger partial charge in [0.25, 0.3) is 5.69 Å². The molecule has 1 heterocycles. The Balaban J connectivity index is 1.58. The van der Waals surface area contributed by atoms with Crippen molar-refractivity contribution >= 4 is 45.3 Å². The number of methoxy groups -OCH3 is 2. The number of carbonyl (C=O) groups excluding carboxylic acids is 1. The molecule has 0 aliphatic carbocycles. The Morgan fingerprint density at radius 3 is 2.44 bits per heavy atom. The van der Waals surface area contributed by atoms with E-state index in [0.717, 1.165) is 28.2 Å². The second-order valence-corrected chi connectivity index (χ2v) is 9.73. The normalized spacial score (nSPS) is 11.4. The van der Waals surface area contributed by atoms with E-state index in [2.05, 4.69) is 5.32 Å². The molecule has 0 fully saturated rings. The third-order valence-corrected chi connectivity index (χ3v) is 7.06. The summed E-state index contributed by atoms with van der Waals surface area (Å²) in [5.41, 5.74) is 1.68. The number of nitro groups is 1. The van der Waals surface area contributed by atoms with Gasteiger partial charge in [0.05, 0.1) is 24.1 Å². The Kier molecular flexibility index (Phi) is 8.90. The molecule has 0 saturated carbocycles. The lowest BCUT2D eigenvalue weighted by atomic mass is 10.1. The van der Waals surface area contributed by atoms with Gasteiger partial charge in [0.15, 0.2) is 4.88 Å². The number of halogens is 1. The van der Waals surface area contributed by atoms with Gasteiger partial charge in [-0.05, 0) is 36.8 Å². The molecule has 0 amide bonds. The lowest BCUT2D eigenvalue weighted by Gasteiger charge is -2.16. The minimum atomic E-state index is -0.597. The Labute approximate surface area is 234 Å². The summed E-state index contributed by atoms with van der Waals surface area (Å²) in [6.07, 6.45) is -0.478. The molecule has 0 saturated heterocycles. The third kappa shape index (κ3) is 6.78. The summed E-state index contributed by atoms with van der Waals surface area (Å²) in [4.78, 5) is 23.9. The van der Waals surface area contributed by atoms with Crippen LogP contribution in [0.4, 0.5) is 16.4 Å². The summed E-state index contributed by atoms with van der Waals surface area (Å²) >= 11 is 7.35. The van der Waals surface area contributed by atoms with Gasteiger partial charge in [-0.15, -0.1) is 11.3 Å². The number of hydrogen-bond acceptors (Lipinski definition) is 9. The number of nitro benzene ring substituents is 1. The lowest BCUT2D eigenvalue weighted by molar-refractivity contribution is -0.383. The van der Waals surface area contributed by atoms with E-state index in [0.29, 0.717) is 15.8 Å². The zero-order chi connectivity index (χ0) is 27.9. The second kappa shape index (κ2) is 12.5. The van der Waals surface area contributed by atoms with Gasteiger partial charge in [-0.1, -0.05) is 41.9 Å². The van der Waals surface area contributed by atoms with Crippen molar-refractivity contribution in [2.75, 3.05) is 19.5 Å². The van der Waals surface area contributed by atoms with E-state index in [9.17, 15) is 14.9 Å². The quantitative estimate of drug-likeness (QED) is 0.112. The highest BCUT2D eigenvalue weighted by Crippen LogP contribution is 2.40. The van der Waals surface area contributed by atoms with Gasteiger partial charge in [-0.2, -0.15) is 0 Å². The molecule has 4 aromatic rings. The van der Waals surface area contributed by atoms with Crippen LogP contribution >= 0.6 is 22.9 Å². The highest BCUT2D eigenvalue weighted by atomic mass is 35.5. The summed E-state index contributed by atoms with van der Waals surface area (Å²) in [7, 11) is 2.86. The molecule has 11 heteroatoms. The van der Waals surface area contributed by atoms with Gasteiger partial charge in [-0.25, -0.2) is 4.79 Å². The van der Waals surface area contributed by atoms with Crippen molar-refractivity contribution in [1.82, 2.24) is 0 Å². The minimum Gasteiger partial charge on any atom is -0.497 e. The van der Waals surface area contributed by atoms with Crippen LogP contribution in [-0.2, 0) is 11.3 Å². The van der Waals surface area contributed by atoms with Crippen molar-refractivity contribution in [3.8, 4) is 17.2 Å². The van der Waals surface area contributed by atoms with Crippen LogP contribution in [0.2, 0.25) is 5.02 Å². The SMILES string of the molecule is COC(=O)c1sc(Nc2cc(OCc3ccc(OC)cc3)ccc2[N+](=O)[O-])cc1OC(C)c1ccccc1Cl. The zero-order valence-corrected chi connectivity index (χ0v) is 22.9. The molecule has 202 valence electrons. The maximum atomic E-state index is 12.5. The van der Waals surface area contributed by atoms with Crippen LogP contribution < -0.4 is 19.5 Å². The average molecular weight is 569 g/mol. The molecule has 3 aromatic carbocycles. The molecule has 0 radical (unpaired) electrons. The van der Waals surface area contributed by atoms with Crippen molar-refractivity contribution in [2.45, 2.75) is 19.6 Å². The van der Waals surface area contributed by atoms with Crippen LogP contribution in [0.15, 0.2) is 72.8 Å². The monoisotopic (exact) mass is 568 g/mol. The van der Waals surface area contributed by atoms with Crippen LogP contribution in [0.3, 0.4) is 0 Å². The Hall–Kier alpha value is -4.28. The molecule has 0 aliphatic heterocycles. The fourth-order valence-electron chi connectivity index (χ4n) is 3.70. The number of nitrogens with zero attached hydrogens (tertiary/aromatic N) is 1. The molecular formula is C28H25ClN2O7S. The Bertz CT molecular complexity index is 1470. The lowest BCUT2D eigenvalue weighted by Crippen LogP contribution is -2.07. The highest BCUT2D eigenvalue weighted by Gasteiger charge is 2.23. The van der Waals surface area contributed by atoms with Crippen molar-refractivity contribution in [3.63, 3.8) is 0 Å². The van der Waals surface area contributed by atoms with Gasteiger partial charge in [0, 0.05) is 28.8 Å². The number of anilines is 2. The van der Waals surface area contributed by atoms with Crippen LogP contribution in [0.1, 0.15) is 33.8 Å². The molecule has 39 heavy (non-hydrogen) atoms. The molecule has 1 atom stereocenters. The van der Waals surface area contributed by atoms with E-state index in [4.69, 9.17) is 30.5 Å². The molecule has 9 nitrogen and oxygen atoms in total. The van der Waals surface area contributed by atoms with Gasteiger partial charge >= 0.3 is 5.97 Å². The van der Waals surface area contributed by atoms with Gasteiger partial charge in [0.1, 0.15) is 35.6 Å². The second-order valence-electron chi connectivity index (χ2n) is 8.28. The van der Waals surface area contributed by atoms with Crippen molar-refractivity contribution in [2.24, 2.45) is 0 Å². The number of benzene rings is 3. The molecule has 0 spiro atoms. The number of esters is 1. The average Bonchev–Trinajstić information content (AvgIpc) is 3.33. The van der Waals surface area contributed by atoms with Gasteiger partial charge in [0.2, 0.25) is 0 Å². The third-order valence-electron chi connectivity index (χ3n) is 5.70. The van der Waals surface area contributed by atoms with Crippen LogP contribution in [0.25, 0.3) is 0 Å². The number of rotatable bonds is 11. The predicted molar refractivity (Wildman–Crippen MR) is 150 cm³/mol. The van der Waals surface area contributed by atoms with E-state index in [1.165, 1.54) is 25.3 Å². The Morgan fingerprint density at radius 2 is 1.77 bits per heavy atom.